The molecule has 0 fully saturated rings. The fourth-order valence-electron chi connectivity index (χ4n) is 1.99. The van der Waals surface area contributed by atoms with E-state index in [-0.39, 0.29) is 12.5 Å². The summed E-state index contributed by atoms with van der Waals surface area (Å²) >= 11 is 5.05. The van der Waals surface area contributed by atoms with Gasteiger partial charge in [0.2, 0.25) is 0 Å². The molecule has 0 radical (unpaired) electrons. The van der Waals surface area contributed by atoms with Crippen LogP contribution in [0.25, 0.3) is 0 Å². The molecule has 0 unspecified atom stereocenters. The van der Waals surface area contributed by atoms with Crippen molar-refractivity contribution in [1.82, 2.24) is 0 Å². The summed E-state index contributed by atoms with van der Waals surface area (Å²) in [5.74, 6) is 0.622. The predicted octanol–water partition coefficient (Wildman–Crippen LogP) is 3.02. The van der Waals surface area contributed by atoms with Gasteiger partial charge in [0.05, 0.1) is 16.0 Å². The maximum atomic E-state index is 12.0. The van der Waals surface area contributed by atoms with Crippen molar-refractivity contribution in [3.8, 4) is 5.75 Å². The summed E-state index contributed by atoms with van der Waals surface area (Å²) in [5.41, 5.74) is 7.13. The van der Waals surface area contributed by atoms with Crippen molar-refractivity contribution < 1.29 is 9.53 Å². The van der Waals surface area contributed by atoms with Gasteiger partial charge < -0.3 is 15.4 Å². The van der Waals surface area contributed by atoms with Gasteiger partial charge >= 0.3 is 0 Å². The second-order valence-electron chi connectivity index (χ2n) is 4.20. The van der Waals surface area contributed by atoms with E-state index in [9.17, 15) is 4.79 Å². The van der Waals surface area contributed by atoms with Crippen LogP contribution < -0.4 is 15.4 Å². The first-order valence-electron chi connectivity index (χ1n) is 5.70. The van der Waals surface area contributed by atoms with Crippen molar-refractivity contribution in [3.05, 3.63) is 39.0 Å². The second kappa shape index (κ2) is 4.86. The van der Waals surface area contributed by atoms with Crippen molar-refractivity contribution >= 4 is 44.5 Å². The molecule has 0 spiro atoms. The number of ether oxygens (including phenoxy) is 1. The van der Waals surface area contributed by atoms with Gasteiger partial charge in [-0.3, -0.25) is 4.79 Å². The van der Waals surface area contributed by atoms with Gasteiger partial charge in [-0.15, -0.1) is 11.3 Å². The van der Waals surface area contributed by atoms with Gasteiger partial charge in [0.25, 0.3) is 5.91 Å². The zero-order valence-corrected chi connectivity index (χ0v) is 12.3. The fourth-order valence-corrected chi connectivity index (χ4v) is 3.46. The predicted molar refractivity (Wildman–Crippen MR) is 79.6 cm³/mol. The highest BCUT2D eigenvalue weighted by atomic mass is 79.9. The summed E-state index contributed by atoms with van der Waals surface area (Å²) in [6, 6.07) is 9.34. The Morgan fingerprint density at radius 2 is 2.21 bits per heavy atom. The van der Waals surface area contributed by atoms with Crippen molar-refractivity contribution in [2.24, 2.45) is 0 Å². The standard InChI is InChI=1S/C13H11BrN2O2S/c14-12-4-2-9(19-12)6-16-10-3-1-8(15)5-11(10)18-7-13(16)17/h1-5H,6-7,15H2. The summed E-state index contributed by atoms with van der Waals surface area (Å²) in [6.45, 7) is 0.610. The zero-order chi connectivity index (χ0) is 13.4. The maximum absolute atomic E-state index is 12.0. The summed E-state index contributed by atoms with van der Waals surface area (Å²) in [6.07, 6.45) is 0. The Kier molecular flexibility index (Phi) is 3.20. The van der Waals surface area contributed by atoms with Crippen LogP contribution in [0, 0.1) is 0 Å². The molecule has 6 heteroatoms. The number of nitrogen functional groups attached to an aromatic ring is 1. The number of fused-ring (bicyclic) bond motifs is 1. The van der Waals surface area contributed by atoms with E-state index in [1.807, 2.05) is 18.2 Å². The van der Waals surface area contributed by atoms with E-state index in [0.29, 0.717) is 18.0 Å². The molecule has 1 aromatic heterocycles. The minimum Gasteiger partial charge on any atom is -0.481 e. The van der Waals surface area contributed by atoms with Gasteiger partial charge in [-0.05, 0) is 40.2 Å². The SMILES string of the molecule is Nc1ccc2c(c1)OCC(=O)N2Cc1ccc(Br)s1. The first-order chi connectivity index (χ1) is 9.13. The third-order valence-electron chi connectivity index (χ3n) is 2.87. The second-order valence-corrected chi connectivity index (χ2v) is 6.75. The molecule has 2 aromatic rings. The topological polar surface area (TPSA) is 55.6 Å². The van der Waals surface area contributed by atoms with E-state index in [4.69, 9.17) is 10.5 Å². The molecule has 0 aliphatic carbocycles. The number of nitrogens with two attached hydrogens (primary N) is 1. The van der Waals surface area contributed by atoms with Gasteiger partial charge in [-0.1, -0.05) is 0 Å². The Morgan fingerprint density at radius 1 is 1.37 bits per heavy atom. The lowest BCUT2D eigenvalue weighted by atomic mass is 10.2. The highest BCUT2D eigenvalue weighted by Crippen LogP contribution is 2.35. The van der Waals surface area contributed by atoms with Crippen LogP contribution in [-0.2, 0) is 11.3 Å². The molecule has 1 aromatic carbocycles. The molecular formula is C13H11BrN2O2S. The third kappa shape index (κ3) is 2.46. The molecule has 2 N–H and O–H groups in total. The average molecular weight is 339 g/mol. The number of halogens is 1. The van der Waals surface area contributed by atoms with Gasteiger partial charge in [0, 0.05) is 16.6 Å². The summed E-state index contributed by atoms with van der Waals surface area (Å²) in [5, 5.41) is 0. The van der Waals surface area contributed by atoms with Gasteiger partial charge in [0.15, 0.2) is 6.61 Å². The number of carbonyl (C=O) groups is 1. The highest BCUT2D eigenvalue weighted by molar-refractivity contribution is 9.11. The number of benzene rings is 1. The van der Waals surface area contributed by atoms with E-state index >= 15 is 0 Å². The Labute approximate surface area is 122 Å². The summed E-state index contributed by atoms with van der Waals surface area (Å²) in [4.78, 5) is 14.9. The Morgan fingerprint density at radius 3 is 2.95 bits per heavy atom. The molecule has 0 saturated heterocycles. The monoisotopic (exact) mass is 338 g/mol. The lowest BCUT2D eigenvalue weighted by Crippen LogP contribution is -2.38. The molecular weight excluding hydrogens is 328 g/mol. The first-order valence-corrected chi connectivity index (χ1v) is 7.31. The Balaban J connectivity index is 1.94. The quantitative estimate of drug-likeness (QED) is 0.856. The van der Waals surface area contributed by atoms with Crippen molar-refractivity contribution in [2.45, 2.75) is 6.54 Å². The highest BCUT2D eigenvalue weighted by Gasteiger charge is 2.26. The largest absolute Gasteiger partial charge is 0.481 e. The Hall–Kier alpha value is -1.53. The molecule has 1 aliphatic heterocycles. The number of anilines is 2. The van der Waals surface area contributed by atoms with Gasteiger partial charge in [0.1, 0.15) is 5.75 Å². The summed E-state index contributed by atoms with van der Waals surface area (Å²) < 4.78 is 6.47. The molecule has 0 bridgehead atoms. The average Bonchev–Trinajstić information content (AvgIpc) is 2.78. The van der Waals surface area contributed by atoms with E-state index in [1.165, 1.54) is 0 Å². The van der Waals surface area contributed by atoms with Crippen LogP contribution in [0.1, 0.15) is 4.88 Å². The Bertz CT molecular complexity index is 641. The number of nitrogens with zero attached hydrogens (tertiary/aromatic N) is 1. The number of carbonyl (C=O) groups excluding carboxylic acids is 1. The maximum Gasteiger partial charge on any atom is 0.265 e. The van der Waals surface area contributed by atoms with Gasteiger partial charge in [-0.25, -0.2) is 0 Å². The van der Waals surface area contributed by atoms with Crippen LogP contribution >= 0.6 is 27.3 Å². The van der Waals surface area contributed by atoms with Crippen molar-refractivity contribution in [2.75, 3.05) is 17.2 Å². The first kappa shape index (κ1) is 12.5. The number of thiophene rings is 1. The summed E-state index contributed by atoms with van der Waals surface area (Å²) in [7, 11) is 0. The van der Waals surface area contributed by atoms with Crippen LogP contribution in [0.5, 0.6) is 5.75 Å². The molecule has 1 amide bonds. The number of amides is 1. The third-order valence-corrected chi connectivity index (χ3v) is 4.48. The molecule has 3 rings (SSSR count). The molecule has 0 saturated carbocycles. The van der Waals surface area contributed by atoms with Crippen LogP contribution in [0.15, 0.2) is 34.1 Å². The van der Waals surface area contributed by atoms with Crippen LogP contribution in [0.3, 0.4) is 0 Å². The van der Waals surface area contributed by atoms with Gasteiger partial charge in [-0.2, -0.15) is 0 Å². The van der Waals surface area contributed by atoms with E-state index in [0.717, 1.165) is 14.4 Å². The molecule has 4 nitrogen and oxygen atoms in total. The van der Waals surface area contributed by atoms with E-state index < -0.39 is 0 Å². The zero-order valence-electron chi connectivity index (χ0n) is 9.93. The van der Waals surface area contributed by atoms with Crippen LogP contribution in [0.2, 0.25) is 0 Å². The molecule has 19 heavy (non-hydrogen) atoms. The van der Waals surface area contributed by atoms with Crippen LogP contribution in [-0.4, -0.2) is 12.5 Å². The fraction of sp³-hybridized carbons (Fsp3) is 0.154. The molecule has 2 heterocycles. The number of hydrogen-bond acceptors (Lipinski definition) is 4. The lowest BCUT2D eigenvalue weighted by Gasteiger charge is -2.29. The van der Waals surface area contributed by atoms with Crippen molar-refractivity contribution in [1.29, 1.82) is 0 Å². The van der Waals surface area contributed by atoms with Crippen LogP contribution in [0.4, 0.5) is 11.4 Å². The lowest BCUT2D eigenvalue weighted by molar-refractivity contribution is -0.121. The van der Waals surface area contributed by atoms with E-state index in [1.54, 1.807) is 28.4 Å². The van der Waals surface area contributed by atoms with E-state index in [2.05, 4.69) is 15.9 Å². The molecule has 0 atom stereocenters. The van der Waals surface area contributed by atoms with Crippen molar-refractivity contribution in [3.63, 3.8) is 0 Å². The minimum absolute atomic E-state index is 0.0400. The smallest absolute Gasteiger partial charge is 0.265 e. The molecule has 98 valence electrons. The number of rotatable bonds is 2. The normalized spacial score (nSPS) is 14.2. The number of hydrogen-bond donors (Lipinski definition) is 1. The molecule has 1 aliphatic rings. The minimum atomic E-state index is -0.0400.